The first-order chi connectivity index (χ1) is 7.51. The Morgan fingerprint density at radius 2 is 1.75 bits per heavy atom. The Kier molecular flexibility index (Phi) is 5.07. The standard InChI is InChI=1S/C14H24O2/c1-14(2,3)11-13-9-8-12(16-13)7-5-4-6-10-15/h8-9,15H,4-7,10-11H2,1-3H3. The summed E-state index contributed by atoms with van der Waals surface area (Å²) in [5.74, 6) is 2.17. The highest BCUT2D eigenvalue weighted by atomic mass is 16.3. The number of furan rings is 1. The third-order valence-electron chi connectivity index (χ3n) is 2.50. The Morgan fingerprint density at radius 3 is 2.38 bits per heavy atom. The van der Waals surface area contributed by atoms with Gasteiger partial charge in [0, 0.05) is 19.4 Å². The van der Waals surface area contributed by atoms with E-state index in [2.05, 4.69) is 32.9 Å². The van der Waals surface area contributed by atoms with Crippen LogP contribution < -0.4 is 0 Å². The Bertz CT molecular complexity index is 294. The molecular formula is C14H24O2. The number of rotatable bonds is 6. The number of aliphatic hydroxyl groups excluding tert-OH is 1. The predicted molar refractivity (Wildman–Crippen MR) is 66.5 cm³/mol. The first-order valence-electron chi connectivity index (χ1n) is 6.20. The van der Waals surface area contributed by atoms with Crippen LogP contribution in [0.3, 0.4) is 0 Å². The van der Waals surface area contributed by atoms with Crippen LogP contribution in [-0.2, 0) is 12.8 Å². The van der Waals surface area contributed by atoms with Crippen molar-refractivity contribution in [2.75, 3.05) is 6.61 Å². The van der Waals surface area contributed by atoms with Crippen LogP contribution in [0.5, 0.6) is 0 Å². The van der Waals surface area contributed by atoms with E-state index in [0.717, 1.165) is 43.6 Å². The zero-order chi connectivity index (χ0) is 12.0. The maximum Gasteiger partial charge on any atom is 0.104 e. The average Bonchev–Trinajstić information content (AvgIpc) is 2.58. The van der Waals surface area contributed by atoms with Crippen molar-refractivity contribution in [3.63, 3.8) is 0 Å². The largest absolute Gasteiger partial charge is 0.466 e. The predicted octanol–water partition coefficient (Wildman–Crippen LogP) is 3.57. The van der Waals surface area contributed by atoms with Crippen molar-refractivity contribution in [2.24, 2.45) is 5.41 Å². The van der Waals surface area contributed by atoms with Crippen molar-refractivity contribution in [3.05, 3.63) is 23.7 Å². The van der Waals surface area contributed by atoms with Crippen LogP contribution in [0.1, 0.15) is 51.6 Å². The van der Waals surface area contributed by atoms with Crippen LogP contribution in [0.2, 0.25) is 0 Å². The maximum atomic E-state index is 8.67. The molecule has 0 saturated carbocycles. The second kappa shape index (κ2) is 6.09. The van der Waals surface area contributed by atoms with Crippen LogP contribution in [-0.4, -0.2) is 11.7 Å². The van der Waals surface area contributed by atoms with E-state index >= 15 is 0 Å². The lowest BCUT2D eigenvalue weighted by molar-refractivity contribution is 0.282. The fraction of sp³-hybridized carbons (Fsp3) is 0.714. The first-order valence-corrected chi connectivity index (χ1v) is 6.20. The Labute approximate surface area is 98.7 Å². The van der Waals surface area contributed by atoms with Gasteiger partial charge in [-0.05, 0) is 30.4 Å². The van der Waals surface area contributed by atoms with Crippen molar-refractivity contribution < 1.29 is 9.52 Å². The van der Waals surface area contributed by atoms with Gasteiger partial charge in [-0.3, -0.25) is 0 Å². The summed E-state index contributed by atoms with van der Waals surface area (Å²) in [6.07, 6.45) is 5.05. The summed E-state index contributed by atoms with van der Waals surface area (Å²) < 4.78 is 5.78. The van der Waals surface area contributed by atoms with Gasteiger partial charge in [0.2, 0.25) is 0 Å². The number of hydrogen-bond donors (Lipinski definition) is 1. The molecule has 92 valence electrons. The highest BCUT2D eigenvalue weighted by Crippen LogP contribution is 2.22. The van der Waals surface area contributed by atoms with Gasteiger partial charge in [-0.25, -0.2) is 0 Å². The van der Waals surface area contributed by atoms with Crippen LogP contribution in [0.4, 0.5) is 0 Å². The monoisotopic (exact) mass is 224 g/mol. The molecule has 2 heteroatoms. The summed E-state index contributed by atoms with van der Waals surface area (Å²) in [5.41, 5.74) is 0.284. The highest BCUT2D eigenvalue weighted by Gasteiger charge is 2.13. The quantitative estimate of drug-likeness (QED) is 0.749. The molecule has 1 N–H and O–H groups in total. The molecule has 0 aliphatic heterocycles. The Morgan fingerprint density at radius 1 is 1.06 bits per heavy atom. The van der Waals surface area contributed by atoms with Gasteiger partial charge < -0.3 is 9.52 Å². The molecule has 0 fully saturated rings. The van der Waals surface area contributed by atoms with Crippen molar-refractivity contribution in [3.8, 4) is 0 Å². The molecule has 1 heterocycles. The van der Waals surface area contributed by atoms with Gasteiger partial charge in [-0.15, -0.1) is 0 Å². The molecule has 0 aromatic carbocycles. The molecule has 0 aliphatic rings. The smallest absolute Gasteiger partial charge is 0.104 e. The van der Waals surface area contributed by atoms with E-state index in [-0.39, 0.29) is 5.41 Å². The fourth-order valence-corrected chi connectivity index (χ4v) is 1.76. The second-order valence-electron chi connectivity index (χ2n) is 5.64. The summed E-state index contributed by atoms with van der Waals surface area (Å²) >= 11 is 0. The van der Waals surface area contributed by atoms with Crippen LogP contribution in [0.15, 0.2) is 16.5 Å². The van der Waals surface area contributed by atoms with Crippen molar-refractivity contribution in [1.82, 2.24) is 0 Å². The van der Waals surface area contributed by atoms with Crippen molar-refractivity contribution >= 4 is 0 Å². The third-order valence-corrected chi connectivity index (χ3v) is 2.50. The van der Waals surface area contributed by atoms with E-state index in [9.17, 15) is 0 Å². The van der Waals surface area contributed by atoms with Gasteiger partial charge >= 0.3 is 0 Å². The summed E-state index contributed by atoms with van der Waals surface area (Å²) in [4.78, 5) is 0. The van der Waals surface area contributed by atoms with E-state index < -0.39 is 0 Å². The fourth-order valence-electron chi connectivity index (χ4n) is 1.76. The number of unbranched alkanes of at least 4 members (excludes halogenated alkanes) is 2. The maximum absolute atomic E-state index is 8.67. The normalized spacial score (nSPS) is 12.0. The minimum absolute atomic E-state index is 0.284. The molecular weight excluding hydrogens is 200 g/mol. The lowest BCUT2D eigenvalue weighted by Gasteiger charge is -2.15. The first kappa shape index (κ1) is 13.3. The van der Waals surface area contributed by atoms with Gasteiger partial charge in [-0.2, -0.15) is 0 Å². The van der Waals surface area contributed by atoms with E-state index in [4.69, 9.17) is 9.52 Å². The molecule has 0 radical (unpaired) electrons. The summed E-state index contributed by atoms with van der Waals surface area (Å²) in [5, 5.41) is 8.67. The van der Waals surface area contributed by atoms with Crippen LogP contribution >= 0.6 is 0 Å². The molecule has 0 atom stereocenters. The molecule has 0 aliphatic carbocycles. The molecule has 16 heavy (non-hydrogen) atoms. The van der Waals surface area contributed by atoms with Gasteiger partial charge in [0.25, 0.3) is 0 Å². The molecule has 2 nitrogen and oxygen atoms in total. The minimum Gasteiger partial charge on any atom is -0.466 e. The number of aliphatic hydroxyl groups is 1. The molecule has 0 saturated heterocycles. The van der Waals surface area contributed by atoms with Gasteiger partial charge in [0.05, 0.1) is 0 Å². The summed E-state index contributed by atoms with van der Waals surface area (Å²) in [6, 6.07) is 4.17. The van der Waals surface area contributed by atoms with E-state index in [1.807, 2.05) is 0 Å². The van der Waals surface area contributed by atoms with Crippen LogP contribution in [0.25, 0.3) is 0 Å². The molecule has 0 unspecified atom stereocenters. The molecule has 1 rings (SSSR count). The zero-order valence-electron chi connectivity index (χ0n) is 10.8. The van der Waals surface area contributed by atoms with Crippen molar-refractivity contribution in [1.29, 1.82) is 0 Å². The lowest BCUT2D eigenvalue weighted by Crippen LogP contribution is -2.08. The lowest BCUT2D eigenvalue weighted by atomic mass is 9.91. The summed E-state index contributed by atoms with van der Waals surface area (Å²) in [6.45, 7) is 6.96. The van der Waals surface area contributed by atoms with Gasteiger partial charge in [0.15, 0.2) is 0 Å². The minimum atomic E-state index is 0.284. The second-order valence-corrected chi connectivity index (χ2v) is 5.64. The van der Waals surface area contributed by atoms with E-state index in [0.29, 0.717) is 6.61 Å². The average molecular weight is 224 g/mol. The number of aryl methyl sites for hydroxylation is 1. The summed E-state index contributed by atoms with van der Waals surface area (Å²) in [7, 11) is 0. The Hall–Kier alpha value is -0.760. The van der Waals surface area contributed by atoms with E-state index in [1.54, 1.807) is 0 Å². The highest BCUT2D eigenvalue weighted by molar-refractivity contribution is 5.08. The van der Waals surface area contributed by atoms with E-state index in [1.165, 1.54) is 0 Å². The van der Waals surface area contributed by atoms with Crippen molar-refractivity contribution in [2.45, 2.75) is 52.9 Å². The van der Waals surface area contributed by atoms with Crippen LogP contribution in [0, 0.1) is 5.41 Å². The topological polar surface area (TPSA) is 33.4 Å². The van der Waals surface area contributed by atoms with Gasteiger partial charge in [-0.1, -0.05) is 27.2 Å². The molecule has 1 aromatic heterocycles. The third kappa shape index (κ3) is 5.36. The molecule has 0 bridgehead atoms. The molecule has 0 amide bonds. The molecule has 0 spiro atoms. The van der Waals surface area contributed by atoms with Gasteiger partial charge in [0.1, 0.15) is 11.5 Å². The zero-order valence-corrected chi connectivity index (χ0v) is 10.8. The molecule has 1 aromatic rings. The Balaban J connectivity index is 2.34. The SMILES string of the molecule is CC(C)(C)Cc1ccc(CCCCCO)o1. The number of hydrogen-bond acceptors (Lipinski definition) is 2.